The molecule has 0 aliphatic rings. The molecule has 0 heterocycles. The maximum atomic E-state index is 13.7. The Bertz CT molecular complexity index is 486. The number of aryl methyl sites for hydroxylation is 1. The lowest BCUT2D eigenvalue weighted by atomic mass is 10.1. The molecule has 0 aliphatic carbocycles. The largest absolute Gasteiger partial charge is 0.384 e. The van der Waals surface area contributed by atoms with Gasteiger partial charge >= 0.3 is 6.11 Å². The molecule has 0 radical (unpaired) electrons. The number of nitrogens with one attached hydrogen (secondary N) is 1. The average Bonchev–Trinajstić information content (AvgIpc) is 2.49. The van der Waals surface area contributed by atoms with Crippen molar-refractivity contribution in [2.75, 3.05) is 7.11 Å². The Hall–Kier alpha value is -0.850. The summed E-state index contributed by atoms with van der Waals surface area (Å²) in [4.78, 5) is 0.0346. The van der Waals surface area contributed by atoms with Gasteiger partial charge in [0, 0.05) is 12.6 Å². The molecule has 0 aliphatic heterocycles. The lowest BCUT2D eigenvalue weighted by Gasteiger charge is -2.23. The number of rotatable bonds is 4. The second-order valence-corrected chi connectivity index (χ2v) is 6.52. The van der Waals surface area contributed by atoms with E-state index in [2.05, 4.69) is 9.46 Å². The fourth-order valence-electron chi connectivity index (χ4n) is 1.48. The van der Waals surface area contributed by atoms with Crippen LogP contribution in [0.1, 0.15) is 59.6 Å². The number of hydrogen-bond donors (Lipinski definition) is 1. The van der Waals surface area contributed by atoms with Crippen LogP contribution in [0.4, 0.5) is 8.78 Å². The molecule has 0 saturated heterocycles. The first-order valence-corrected chi connectivity index (χ1v) is 8.95. The fourth-order valence-corrected chi connectivity index (χ4v) is 2.71. The summed E-state index contributed by atoms with van der Waals surface area (Å²) in [6, 6.07) is 4.38. The number of methoxy groups -OCH3 is 1. The van der Waals surface area contributed by atoms with Crippen LogP contribution in [-0.4, -0.2) is 16.9 Å². The lowest BCUT2D eigenvalue weighted by molar-refractivity contribution is -0.233. The van der Waals surface area contributed by atoms with Gasteiger partial charge in [-0.15, -0.1) is 0 Å². The molecule has 1 aromatic rings. The van der Waals surface area contributed by atoms with Crippen LogP contribution in [0.15, 0.2) is 23.1 Å². The molecule has 1 unspecified atom stereocenters. The van der Waals surface area contributed by atoms with E-state index in [1.807, 2.05) is 48.5 Å². The molecule has 1 N–H and O–H groups in total. The molecule has 0 spiro atoms. The summed E-state index contributed by atoms with van der Waals surface area (Å²) in [7, 11) is -0.808. The van der Waals surface area contributed by atoms with Gasteiger partial charge in [-0.3, -0.25) is 0 Å². The molecule has 0 bridgehead atoms. The first-order valence-electron chi connectivity index (χ1n) is 7.80. The molecule has 136 valence electrons. The molecule has 6 heteroatoms. The van der Waals surface area contributed by atoms with E-state index in [0.29, 0.717) is 5.56 Å². The quantitative estimate of drug-likeness (QED) is 0.814. The van der Waals surface area contributed by atoms with Crippen molar-refractivity contribution in [2.24, 2.45) is 0 Å². The smallest absolute Gasteiger partial charge is 0.320 e. The number of benzene rings is 1. The minimum atomic E-state index is -3.46. The van der Waals surface area contributed by atoms with E-state index in [-0.39, 0.29) is 10.5 Å². The van der Waals surface area contributed by atoms with Gasteiger partial charge in [0.25, 0.3) is 0 Å². The van der Waals surface area contributed by atoms with Gasteiger partial charge in [0.05, 0.1) is 10.5 Å². The standard InChI is InChI=1S/C13H19F2NO2S.2C2H6/c1-9-6-7-11(19(17)16-12(2,3)4)10(8-9)13(14,15)18-5;2*1-2/h6-8,16H,1-5H3;2*1-2H3. The Morgan fingerprint density at radius 2 is 1.57 bits per heavy atom. The van der Waals surface area contributed by atoms with Crippen molar-refractivity contribution in [1.82, 2.24) is 4.72 Å². The average molecular weight is 352 g/mol. The van der Waals surface area contributed by atoms with Crippen LogP contribution in [0.25, 0.3) is 0 Å². The third kappa shape index (κ3) is 8.53. The molecule has 1 aromatic carbocycles. The molecule has 0 aromatic heterocycles. The molecule has 3 nitrogen and oxygen atoms in total. The highest BCUT2D eigenvalue weighted by atomic mass is 32.2. The van der Waals surface area contributed by atoms with E-state index in [1.165, 1.54) is 12.1 Å². The summed E-state index contributed by atoms with van der Waals surface area (Å²) in [5, 5.41) is 0. The summed E-state index contributed by atoms with van der Waals surface area (Å²) in [5.74, 6) is 0. The Labute approximate surface area is 142 Å². The van der Waals surface area contributed by atoms with E-state index in [1.54, 1.807) is 13.0 Å². The molecule has 0 saturated carbocycles. The number of halogens is 2. The van der Waals surface area contributed by atoms with E-state index in [9.17, 15) is 13.0 Å². The zero-order valence-corrected chi connectivity index (χ0v) is 16.5. The molecule has 1 atom stereocenters. The van der Waals surface area contributed by atoms with Gasteiger partial charge in [-0.05, 0) is 39.8 Å². The number of ether oxygens (including phenoxy) is 1. The summed E-state index contributed by atoms with van der Waals surface area (Å²) in [6.07, 6.45) is -3.46. The van der Waals surface area contributed by atoms with E-state index < -0.39 is 22.6 Å². The maximum Gasteiger partial charge on any atom is 0.384 e. The highest BCUT2D eigenvalue weighted by molar-refractivity contribution is 7.83. The highest BCUT2D eigenvalue weighted by Gasteiger charge is 2.36. The van der Waals surface area contributed by atoms with Crippen LogP contribution >= 0.6 is 0 Å². The predicted molar refractivity (Wildman–Crippen MR) is 94.1 cm³/mol. The first kappa shape index (κ1) is 24.4. The van der Waals surface area contributed by atoms with Crippen LogP contribution in [0.5, 0.6) is 0 Å². The van der Waals surface area contributed by atoms with Crippen LogP contribution in [0.2, 0.25) is 0 Å². The van der Waals surface area contributed by atoms with Crippen molar-refractivity contribution in [3.8, 4) is 0 Å². The van der Waals surface area contributed by atoms with Crippen LogP contribution in [0.3, 0.4) is 0 Å². The van der Waals surface area contributed by atoms with Gasteiger partial charge in [0.15, 0.2) is 0 Å². The van der Waals surface area contributed by atoms with Gasteiger partial charge in [-0.2, -0.15) is 8.78 Å². The summed E-state index contributed by atoms with van der Waals surface area (Å²) in [5.41, 5.74) is -0.164. The molecule has 23 heavy (non-hydrogen) atoms. The second-order valence-electron chi connectivity index (χ2n) is 5.34. The monoisotopic (exact) mass is 351 g/mol. The summed E-state index contributed by atoms with van der Waals surface area (Å²) < 4.78 is 46.6. The third-order valence-corrected chi connectivity index (χ3v) is 3.86. The van der Waals surface area contributed by atoms with E-state index >= 15 is 0 Å². The van der Waals surface area contributed by atoms with Crippen molar-refractivity contribution < 1.29 is 17.7 Å². The fraction of sp³-hybridized carbons (Fsp3) is 0.647. The van der Waals surface area contributed by atoms with Crippen molar-refractivity contribution >= 4 is 11.0 Å². The first-order chi connectivity index (χ1) is 10.6. The zero-order chi connectivity index (χ0) is 18.8. The highest BCUT2D eigenvalue weighted by Crippen LogP contribution is 2.33. The summed E-state index contributed by atoms with van der Waals surface area (Å²) >= 11 is 0. The topological polar surface area (TPSA) is 38.3 Å². The van der Waals surface area contributed by atoms with Crippen molar-refractivity contribution in [3.05, 3.63) is 29.3 Å². The molecule has 0 fully saturated rings. The zero-order valence-electron chi connectivity index (χ0n) is 15.7. The number of alkyl halides is 2. The van der Waals surface area contributed by atoms with Crippen LogP contribution < -0.4 is 4.72 Å². The normalized spacial score (nSPS) is 12.5. The van der Waals surface area contributed by atoms with Gasteiger partial charge in [-0.25, -0.2) is 8.93 Å². The van der Waals surface area contributed by atoms with Crippen molar-refractivity contribution in [3.63, 3.8) is 0 Å². The Morgan fingerprint density at radius 3 is 1.96 bits per heavy atom. The minimum absolute atomic E-state index is 0.0346. The predicted octanol–water partition coefficient (Wildman–Crippen LogP) is 5.15. The Kier molecular flexibility index (Phi) is 11.5. The van der Waals surface area contributed by atoms with Gasteiger partial charge in [-0.1, -0.05) is 39.3 Å². The van der Waals surface area contributed by atoms with Crippen LogP contribution in [-0.2, 0) is 21.8 Å². The van der Waals surface area contributed by atoms with E-state index in [0.717, 1.165) is 7.11 Å². The van der Waals surface area contributed by atoms with Gasteiger partial charge < -0.3 is 4.74 Å². The Balaban J connectivity index is 0. The molecule has 1 rings (SSSR count). The third-order valence-electron chi connectivity index (χ3n) is 2.30. The van der Waals surface area contributed by atoms with Gasteiger partial charge in [0.1, 0.15) is 11.0 Å². The number of hydrogen-bond acceptors (Lipinski definition) is 2. The van der Waals surface area contributed by atoms with Crippen molar-refractivity contribution in [1.29, 1.82) is 0 Å². The van der Waals surface area contributed by atoms with Crippen molar-refractivity contribution in [2.45, 2.75) is 71.9 Å². The Morgan fingerprint density at radius 1 is 1.09 bits per heavy atom. The SMILES string of the molecule is CC.CC.COC(F)(F)c1cc(C)ccc1S(=O)NC(C)(C)C. The summed E-state index contributed by atoms with van der Waals surface area (Å²) in [6.45, 7) is 15.1. The molecular weight excluding hydrogens is 320 g/mol. The van der Waals surface area contributed by atoms with Gasteiger partial charge in [0.2, 0.25) is 0 Å². The minimum Gasteiger partial charge on any atom is -0.320 e. The molecule has 0 amide bonds. The van der Waals surface area contributed by atoms with Crippen LogP contribution in [0, 0.1) is 6.92 Å². The maximum absolute atomic E-state index is 13.7. The lowest BCUT2D eigenvalue weighted by Crippen LogP contribution is -2.38. The van der Waals surface area contributed by atoms with E-state index in [4.69, 9.17) is 0 Å². The second kappa shape index (κ2) is 10.8. The molecular formula is C17H31F2NO2S.